The Bertz CT molecular complexity index is 997. The van der Waals surface area contributed by atoms with E-state index in [-0.39, 0.29) is 18.4 Å². The molecule has 0 unspecified atom stereocenters. The third kappa shape index (κ3) is 4.85. The summed E-state index contributed by atoms with van der Waals surface area (Å²) >= 11 is 5.85. The summed E-state index contributed by atoms with van der Waals surface area (Å²) in [5.41, 5.74) is 3.07. The van der Waals surface area contributed by atoms with Gasteiger partial charge in [-0.1, -0.05) is 24.3 Å². The molecular weight excluding hydrogens is 372 g/mol. The molecule has 0 aliphatic rings. The highest BCUT2D eigenvalue weighted by Crippen LogP contribution is 2.21. The van der Waals surface area contributed by atoms with Crippen molar-refractivity contribution in [2.45, 2.75) is 13.1 Å². The number of hydrogen-bond acceptors (Lipinski definition) is 5. The van der Waals surface area contributed by atoms with Gasteiger partial charge in [-0.05, 0) is 41.4 Å². The minimum atomic E-state index is -3.40. The summed E-state index contributed by atoms with van der Waals surface area (Å²) in [5.74, 6) is 0. The Morgan fingerprint density at radius 1 is 1.00 bits per heavy atom. The minimum Gasteiger partial charge on any atom is -0.260 e. The standard InChI is InChI=1S/C18H17ClN4O2S/c1-26(24,25)23(13-16-7-2-3-9-20-16)12-14-5-4-6-15(11-14)17-8-10-21-18(19)22-17/h2-11H,12-13H2,1H3. The number of hydrogen-bond donors (Lipinski definition) is 0. The number of sulfonamides is 1. The molecule has 0 N–H and O–H groups in total. The van der Waals surface area contributed by atoms with Crippen molar-refractivity contribution in [3.05, 3.63) is 77.5 Å². The summed E-state index contributed by atoms with van der Waals surface area (Å²) in [4.78, 5) is 12.3. The van der Waals surface area contributed by atoms with Crippen molar-refractivity contribution in [2.75, 3.05) is 6.26 Å². The van der Waals surface area contributed by atoms with Crippen molar-refractivity contribution in [3.8, 4) is 11.3 Å². The van der Waals surface area contributed by atoms with Gasteiger partial charge in [-0.25, -0.2) is 18.4 Å². The monoisotopic (exact) mass is 388 g/mol. The number of nitrogens with zero attached hydrogens (tertiary/aromatic N) is 4. The van der Waals surface area contributed by atoms with Crippen LogP contribution in [0.2, 0.25) is 5.28 Å². The molecule has 26 heavy (non-hydrogen) atoms. The third-order valence-corrected chi connectivity index (χ3v) is 5.12. The normalized spacial score (nSPS) is 11.7. The van der Waals surface area contributed by atoms with Crippen LogP contribution >= 0.6 is 11.6 Å². The van der Waals surface area contributed by atoms with Crippen LogP contribution in [0.3, 0.4) is 0 Å². The van der Waals surface area contributed by atoms with E-state index in [4.69, 9.17) is 11.6 Å². The van der Waals surface area contributed by atoms with Gasteiger partial charge in [-0.3, -0.25) is 4.98 Å². The first-order valence-corrected chi connectivity index (χ1v) is 10.1. The number of pyridine rings is 1. The van der Waals surface area contributed by atoms with Crippen LogP contribution in [-0.4, -0.2) is 33.9 Å². The largest absolute Gasteiger partial charge is 0.260 e. The first-order valence-electron chi connectivity index (χ1n) is 7.85. The van der Waals surface area contributed by atoms with Crippen LogP contribution in [0.1, 0.15) is 11.3 Å². The van der Waals surface area contributed by atoms with E-state index in [0.29, 0.717) is 11.4 Å². The van der Waals surface area contributed by atoms with E-state index >= 15 is 0 Å². The van der Waals surface area contributed by atoms with Gasteiger partial charge >= 0.3 is 0 Å². The predicted octanol–water partition coefficient (Wildman–Crippen LogP) is 3.15. The lowest BCUT2D eigenvalue weighted by Crippen LogP contribution is -2.29. The van der Waals surface area contributed by atoms with Crippen LogP contribution in [0.5, 0.6) is 0 Å². The molecule has 134 valence electrons. The van der Waals surface area contributed by atoms with E-state index in [1.54, 1.807) is 30.6 Å². The molecule has 0 atom stereocenters. The van der Waals surface area contributed by atoms with E-state index in [1.165, 1.54) is 10.6 Å². The van der Waals surface area contributed by atoms with E-state index in [9.17, 15) is 8.42 Å². The van der Waals surface area contributed by atoms with Gasteiger partial charge in [-0.15, -0.1) is 0 Å². The molecule has 0 spiro atoms. The summed E-state index contributed by atoms with van der Waals surface area (Å²) in [6, 6.07) is 14.7. The lowest BCUT2D eigenvalue weighted by atomic mass is 10.1. The van der Waals surface area contributed by atoms with Gasteiger partial charge in [0.25, 0.3) is 0 Å². The first kappa shape index (κ1) is 18.4. The smallest absolute Gasteiger partial charge is 0.222 e. The second kappa shape index (κ2) is 7.90. The summed E-state index contributed by atoms with van der Waals surface area (Å²) in [6.45, 7) is 0.450. The highest BCUT2D eigenvalue weighted by atomic mass is 35.5. The number of aromatic nitrogens is 3. The second-order valence-electron chi connectivity index (χ2n) is 5.76. The predicted molar refractivity (Wildman–Crippen MR) is 101 cm³/mol. The van der Waals surface area contributed by atoms with Crippen LogP contribution in [-0.2, 0) is 23.1 Å². The lowest BCUT2D eigenvalue weighted by molar-refractivity contribution is 0.401. The van der Waals surface area contributed by atoms with E-state index < -0.39 is 10.0 Å². The summed E-state index contributed by atoms with van der Waals surface area (Å²) in [5, 5.41) is 0.167. The maximum absolute atomic E-state index is 12.2. The zero-order valence-corrected chi connectivity index (χ0v) is 15.7. The molecule has 1 aromatic carbocycles. The van der Waals surface area contributed by atoms with Crippen molar-refractivity contribution < 1.29 is 8.42 Å². The molecule has 0 saturated heterocycles. The maximum atomic E-state index is 12.2. The van der Waals surface area contributed by atoms with Crippen molar-refractivity contribution in [1.29, 1.82) is 0 Å². The van der Waals surface area contributed by atoms with Gasteiger partial charge < -0.3 is 0 Å². The van der Waals surface area contributed by atoms with E-state index in [2.05, 4.69) is 15.0 Å². The summed E-state index contributed by atoms with van der Waals surface area (Å²) in [6.07, 6.45) is 4.43. The fourth-order valence-electron chi connectivity index (χ4n) is 2.49. The zero-order chi connectivity index (χ0) is 18.6. The third-order valence-electron chi connectivity index (χ3n) is 3.74. The molecule has 3 rings (SSSR count). The first-order chi connectivity index (χ1) is 12.4. The Labute approximate surface area is 157 Å². The van der Waals surface area contributed by atoms with Gasteiger partial charge in [0.15, 0.2) is 0 Å². The zero-order valence-electron chi connectivity index (χ0n) is 14.1. The number of halogens is 1. The van der Waals surface area contributed by atoms with Gasteiger partial charge in [0.1, 0.15) is 0 Å². The van der Waals surface area contributed by atoms with Crippen LogP contribution in [0, 0.1) is 0 Å². The van der Waals surface area contributed by atoms with Crippen LogP contribution in [0.4, 0.5) is 0 Å². The molecule has 0 aliphatic heterocycles. The fourth-order valence-corrected chi connectivity index (χ4v) is 3.39. The fraction of sp³-hybridized carbons (Fsp3) is 0.167. The van der Waals surface area contributed by atoms with E-state index in [1.807, 2.05) is 30.3 Å². The van der Waals surface area contributed by atoms with Gasteiger partial charge in [-0.2, -0.15) is 4.31 Å². The van der Waals surface area contributed by atoms with Crippen LogP contribution in [0.15, 0.2) is 60.9 Å². The Hall–Kier alpha value is -2.35. The van der Waals surface area contributed by atoms with Crippen molar-refractivity contribution in [3.63, 3.8) is 0 Å². The minimum absolute atomic E-state index is 0.167. The summed E-state index contributed by atoms with van der Waals surface area (Å²) < 4.78 is 25.8. The molecule has 0 bridgehead atoms. The quantitative estimate of drug-likeness (QED) is 0.606. The second-order valence-corrected chi connectivity index (χ2v) is 8.08. The molecule has 0 radical (unpaired) electrons. The molecular formula is C18H17ClN4O2S. The van der Waals surface area contributed by atoms with Gasteiger partial charge in [0.05, 0.1) is 24.2 Å². The average Bonchev–Trinajstić information content (AvgIpc) is 2.62. The molecule has 0 amide bonds. The average molecular weight is 389 g/mol. The molecule has 0 aliphatic carbocycles. The molecule has 3 aromatic rings. The lowest BCUT2D eigenvalue weighted by Gasteiger charge is -2.20. The molecule has 2 aromatic heterocycles. The Morgan fingerprint density at radius 3 is 2.54 bits per heavy atom. The highest BCUT2D eigenvalue weighted by molar-refractivity contribution is 7.88. The molecule has 2 heterocycles. The van der Waals surface area contributed by atoms with Gasteiger partial charge in [0.2, 0.25) is 15.3 Å². The van der Waals surface area contributed by atoms with Crippen LogP contribution < -0.4 is 0 Å². The SMILES string of the molecule is CS(=O)(=O)N(Cc1cccc(-c2ccnc(Cl)n2)c1)Cc1ccccn1. The van der Waals surface area contributed by atoms with Crippen molar-refractivity contribution in [2.24, 2.45) is 0 Å². The highest BCUT2D eigenvalue weighted by Gasteiger charge is 2.18. The van der Waals surface area contributed by atoms with Gasteiger partial charge in [0, 0.05) is 24.5 Å². The molecule has 0 fully saturated rings. The van der Waals surface area contributed by atoms with Crippen molar-refractivity contribution in [1.82, 2.24) is 19.3 Å². The molecule has 8 heteroatoms. The molecule has 0 saturated carbocycles. The number of benzene rings is 1. The Balaban J connectivity index is 1.86. The van der Waals surface area contributed by atoms with Crippen molar-refractivity contribution >= 4 is 21.6 Å². The molecule has 6 nitrogen and oxygen atoms in total. The topological polar surface area (TPSA) is 76.1 Å². The summed E-state index contributed by atoms with van der Waals surface area (Å²) in [7, 11) is -3.40. The van der Waals surface area contributed by atoms with E-state index in [0.717, 1.165) is 11.1 Å². The Kier molecular flexibility index (Phi) is 5.61. The van der Waals surface area contributed by atoms with Crippen LogP contribution in [0.25, 0.3) is 11.3 Å². The maximum Gasteiger partial charge on any atom is 0.222 e. The number of rotatable bonds is 6. The Morgan fingerprint density at radius 2 is 1.85 bits per heavy atom.